The highest BCUT2D eigenvalue weighted by molar-refractivity contribution is 5.97. The summed E-state index contributed by atoms with van der Waals surface area (Å²) >= 11 is 0. The fourth-order valence-corrected chi connectivity index (χ4v) is 5.17. The number of likely N-dealkylation sites (N-methyl/N-ethyl adjacent to an activating group) is 1. The average Bonchev–Trinajstić information content (AvgIpc) is 3.11. The monoisotopic (exact) mass is 314 g/mol. The van der Waals surface area contributed by atoms with E-state index in [2.05, 4.69) is 17.3 Å². The molecule has 1 aromatic carbocycles. The first-order chi connectivity index (χ1) is 11.0. The van der Waals surface area contributed by atoms with E-state index in [9.17, 15) is 4.79 Å². The molecule has 3 aliphatic rings. The van der Waals surface area contributed by atoms with Crippen molar-refractivity contribution in [2.24, 2.45) is 11.8 Å². The summed E-state index contributed by atoms with van der Waals surface area (Å²) in [7, 11) is 2.18. The lowest BCUT2D eigenvalue weighted by molar-refractivity contribution is 0.00472. The minimum absolute atomic E-state index is 0.0591. The first kappa shape index (κ1) is 15.2. The van der Waals surface area contributed by atoms with Crippen LogP contribution in [0.1, 0.15) is 34.3 Å². The van der Waals surface area contributed by atoms with E-state index in [1.54, 1.807) is 0 Å². The number of amides is 1. The molecule has 0 unspecified atom stereocenters. The van der Waals surface area contributed by atoms with E-state index in [1.807, 2.05) is 32.0 Å². The molecule has 4 nitrogen and oxygen atoms in total. The maximum atomic E-state index is 12.6. The van der Waals surface area contributed by atoms with E-state index in [-0.39, 0.29) is 11.5 Å². The number of benzene rings is 1. The first-order valence-electron chi connectivity index (χ1n) is 8.71. The third kappa shape index (κ3) is 2.31. The number of ether oxygens (including phenoxy) is 1. The molecule has 0 aromatic heterocycles. The number of aryl methyl sites for hydroxylation is 2. The number of carbonyl (C=O) groups is 1. The highest BCUT2D eigenvalue weighted by Crippen LogP contribution is 2.54. The van der Waals surface area contributed by atoms with Crippen LogP contribution in [0.25, 0.3) is 0 Å². The quantitative estimate of drug-likeness (QED) is 0.929. The Morgan fingerprint density at radius 1 is 1.39 bits per heavy atom. The van der Waals surface area contributed by atoms with Crippen LogP contribution in [0, 0.1) is 25.7 Å². The Morgan fingerprint density at radius 2 is 2.13 bits per heavy atom. The van der Waals surface area contributed by atoms with Gasteiger partial charge in [-0.3, -0.25) is 4.79 Å². The molecule has 124 valence electrons. The summed E-state index contributed by atoms with van der Waals surface area (Å²) in [6, 6.07) is 6.01. The van der Waals surface area contributed by atoms with E-state index in [0.717, 1.165) is 42.7 Å². The Hall–Kier alpha value is -1.39. The maximum Gasteiger partial charge on any atom is 0.251 e. The lowest BCUT2D eigenvalue weighted by atomic mass is 9.73. The summed E-state index contributed by atoms with van der Waals surface area (Å²) in [4.78, 5) is 15.0. The number of hydrogen-bond donors (Lipinski definition) is 1. The molecule has 1 N–H and O–H groups in total. The molecule has 3 heterocycles. The zero-order valence-corrected chi connectivity index (χ0v) is 14.3. The predicted molar refractivity (Wildman–Crippen MR) is 89.6 cm³/mol. The van der Waals surface area contributed by atoms with Gasteiger partial charge in [-0.05, 0) is 44.9 Å². The smallest absolute Gasteiger partial charge is 0.251 e. The van der Waals surface area contributed by atoms with Gasteiger partial charge in [0.2, 0.25) is 0 Å². The molecule has 4 heteroatoms. The van der Waals surface area contributed by atoms with Crippen molar-refractivity contribution >= 4 is 5.91 Å². The van der Waals surface area contributed by atoms with Crippen molar-refractivity contribution in [1.29, 1.82) is 0 Å². The molecule has 2 bridgehead atoms. The summed E-state index contributed by atoms with van der Waals surface area (Å²) in [5, 5.41) is 3.19. The van der Waals surface area contributed by atoms with Crippen molar-refractivity contribution in [3.63, 3.8) is 0 Å². The number of fused-ring (bicyclic) bond motifs is 1. The minimum atomic E-state index is 0.0591. The van der Waals surface area contributed by atoms with Crippen LogP contribution in [0.15, 0.2) is 18.2 Å². The normalized spacial score (nSPS) is 35.5. The molecule has 23 heavy (non-hydrogen) atoms. The van der Waals surface area contributed by atoms with E-state index in [0.29, 0.717) is 17.9 Å². The fourth-order valence-electron chi connectivity index (χ4n) is 5.17. The highest BCUT2D eigenvalue weighted by Gasteiger charge is 2.62. The molecule has 3 fully saturated rings. The SMILES string of the molecule is Cc1cccc(C)c1C(=O)NC[C@H]1[C@H]2CN(C)C[C@]23CC[C@H]1O3. The highest BCUT2D eigenvalue weighted by atomic mass is 16.5. The molecule has 4 atom stereocenters. The van der Waals surface area contributed by atoms with Crippen LogP contribution in [0.2, 0.25) is 0 Å². The van der Waals surface area contributed by atoms with Crippen LogP contribution in [0.3, 0.4) is 0 Å². The van der Waals surface area contributed by atoms with Gasteiger partial charge in [-0.2, -0.15) is 0 Å². The molecule has 4 rings (SSSR count). The van der Waals surface area contributed by atoms with Crippen molar-refractivity contribution in [2.75, 3.05) is 26.7 Å². The number of nitrogens with one attached hydrogen (secondary N) is 1. The van der Waals surface area contributed by atoms with Crippen molar-refractivity contribution in [2.45, 2.75) is 38.4 Å². The molecule has 1 amide bonds. The van der Waals surface area contributed by atoms with Crippen LogP contribution >= 0.6 is 0 Å². The molecular formula is C19H26N2O2. The Kier molecular flexibility index (Phi) is 3.50. The van der Waals surface area contributed by atoms with Crippen molar-refractivity contribution in [3.05, 3.63) is 34.9 Å². The minimum Gasteiger partial charge on any atom is -0.370 e. The van der Waals surface area contributed by atoms with E-state index >= 15 is 0 Å². The lowest BCUT2D eigenvalue weighted by Crippen LogP contribution is -2.42. The van der Waals surface area contributed by atoms with Gasteiger partial charge < -0.3 is 15.0 Å². The van der Waals surface area contributed by atoms with Crippen molar-refractivity contribution < 1.29 is 9.53 Å². The zero-order chi connectivity index (χ0) is 16.2. The average molecular weight is 314 g/mol. The molecule has 0 aliphatic carbocycles. The van der Waals surface area contributed by atoms with Crippen molar-refractivity contribution in [3.8, 4) is 0 Å². The van der Waals surface area contributed by atoms with Crippen LogP contribution < -0.4 is 5.32 Å². The largest absolute Gasteiger partial charge is 0.370 e. The molecular weight excluding hydrogens is 288 g/mol. The van der Waals surface area contributed by atoms with Gasteiger partial charge in [0, 0.05) is 37.0 Å². The van der Waals surface area contributed by atoms with Gasteiger partial charge in [-0.25, -0.2) is 0 Å². The van der Waals surface area contributed by atoms with Crippen LogP contribution in [0.4, 0.5) is 0 Å². The third-order valence-corrected chi connectivity index (χ3v) is 6.16. The maximum absolute atomic E-state index is 12.6. The fraction of sp³-hybridized carbons (Fsp3) is 0.632. The predicted octanol–water partition coefficient (Wildman–Crippen LogP) is 2.14. The molecule has 0 radical (unpaired) electrons. The summed E-state index contributed by atoms with van der Waals surface area (Å²) in [5.41, 5.74) is 3.00. The summed E-state index contributed by atoms with van der Waals surface area (Å²) in [6.45, 7) is 6.89. The van der Waals surface area contributed by atoms with Gasteiger partial charge in [0.05, 0.1) is 11.7 Å². The standard InChI is InChI=1S/C19H26N2O2/c1-12-5-4-6-13(2)17(12)18(22)20-9-14-15-10-21(3)11-19(15)8-7-16(14)23-19/h4-6,14-16H,7-11H2,1-3H3,(H,20,22)/t14-,15+,16+,19+/m0/s1. The number of nitrogens with zero attached hydrogens (tertiary/aromatic N) is 1. The van der Waals surface area contributed by atoms with Gasteiger partial charge in [-0.15, -0.1) is 0 Å². The Labute approximate surface area is 138 Å². The lowest BCUT2D eigenvalue weighted by Gasteiger charge is -2.29. The third-order valence-electron chi connectivity index (χ3n) is 6.16. The summed E-state index contributed by atoms with van der Waals surface area (Å²) in [6.07, 6.45) is 2.68. The Bertz CT molecular complexity index is 624. The van der Waals surface area contributed by atoms with E-state index in [1.165, 1.54) is 6.42 Å². The second-order valence-electron chi connectivity index (χ2n) is 7.70. The second-order valence-corrected chi connectivity index (χ2v) is 7.70. The number of rotatable bonds is 3. The summed E-state index contributed by atoms with van der Waals surface area (Å²) in [5.74, 6) is 1.09. The molecule has 3 aliphatic heterocycles. The van der Waals surface area contributed by atoms with Gasteiger partial charge in [-0.1, -0.05) is 18.2 Å². The Balaban J connectivity index is 1.47. The number of carbonyl (C=O) groups excluding carboxylic acids is 1. The first-order valence-corrected chi connectivity index (χ1v) is 8.71. The van der Waals surface area contributed by atoms with Gasteiger partial charge in [0.1, 0.15) is 0 Å². The number of likely N-dealkylation sites (tertiary alicyclic amines) is 1. The zero-order valence-electron chi connectivity index (χ0n) is 14.3. The van der Waals surface area contributed by atoms with Gasteiger partial charge in [0.25, 0.3) is 5.91 Å². The Morgan fingerprint density at radius 3 is 2.87 bits per heavy atom. The molecule has 1 aromatic rings. The van der Waals surface area contributed by atoms with Crippen LogP contribution in [0.5, 0.6) is 0 Å². The van der Waals surface area contributed by atoms with Gasteiger partial charge in [0.15, 0.2) is 0 Å². The van der Waals surface area contributed by atoms with Crippen LogP contribution in [-0.4, -0.2) is 49.2 Å². The second kappa shape index (κ2) is 5.32. The van der Waals surface area contributed by atoms with Crippen molar-refractivity contribution in [1.82, 2.24) is 10.2 Å². The topological polar surface area (TPSA) is 41.6 Å². The molecule has 3 saturated heterocycles. The molecule has 1 spiro atoms. The number of hydrogen-bond acceptors (Lipinski definition) is 3. The van der Waals surface area contributed by atoms with Crippen LogP contribution in [-0.2, 0) is 4.74 Å². The van der Waals surface area contributed by atoms with Gasteiger partial charge >= 0.3 is 0 Å². The van der Waals surface area contributed by atoms with E-state index < -0.39 is 0 Å². The van der Waals surface area contributed by atoms with E-state index in [4.69, 9.17) is 4.74 Å². The molecule has 0 saturated carbocycles. The summed E-state index contributed by atoms with van der Waals surface area (Å²) < 4.78 is 6.36.